The largest absolute Gasteiger partial charge is 0.455 e. The molecule has 0 radical (unpaired) electrons. The molecule has 0 saturated carbocycles. The van der Waals surface area contributed by atoms with Crippen LogP contribution < -0.4 is 0 Å². The summed E-state index contributed by atoms with van der Waals surface area (Å²) in [6.45, 7) is 0. The zero-order chi connectivity index (χ0) is 81.0. The van der Waals surface area contributed by atoms with Crippen LogP contribution >= 0.6 is 0 Å². The molecule has 20 aromatic rings. The third-order valence-corrected chi connectivity index (χ3v) is 23.6. The highest BCUT2D eigenvalue weighted by molar-refractivity contribution is 6.26. The first kappa shape index (κ1) is 74.5. The van der Waals surface area contributed by atoms with Gasteiger partial charge in [0.15, 0.2) is 34.9 Å². The monoisotopic (exact) mass is 1600 g/mol. The minimum absolute atomic E-state index is 0. The van der Waals surface area contributed by atoms with Gasteiger partial charge in [0.25, 0.3) is 0 Å². The average molecular weight is 1600 g/mol. The summed E-state index contributed by atoms with van der Waals surface area (Å²) in [5.74, 6) is 6.22. The smallest absolute Gasteiger partial charge is 0.164 e. The first-order valence-electron chi connectivity index (χ1n) is 41.0. The minimum Gasteiger partial charge on any atom is -0.455 e. The van der Waals surface area contributed by atoms with Gasteiger partial charge in [-0.2, -0.15) is 0 Å². The Kier molecular flexibility index (Phi) is 18.3. The predicted octanol–water partition coefficient (Wildman–Crippen LogP) is 30.1. The van der Waals surface area contributed by atoms with Gasteiger partial charge in [0, 0.05) is 82.4 Å². The van der Waals surface area contributed by atoms with Gasteiger partial charge < -0.3 is 13.3 Å². The third kappa shape index (κ3) is 13.0. The molecule has 0 bridgehead atoms. The molecule has 18 aromatic carbocycles. The zero-order valence-electron chi connectivity index (χ0n) is 65.8. The quantitative estimate of drug-likeness (QED) is 0.126. The fourth-order valence-electron chi connectivity index (χ4n) is 17.7. The van der Waals surface area contributed by atoms with Crippen LogP contribution in [-0.2, 0) is 0 Å². The van der Waals surface area contributed by atoms with Crippen molar-refractivity contribution in [2.45, 2.75) is 14.9 Å². The molecule has 12 nitrogen and oxygen atoms in total. The van der Waals surface area contributed by atoms with E-state index in [2.05, 4.69) is 231 Å². The number of aromatic nitrogens is 9. The van der Waals surface area contributed by atoms with E-state index in [1.165, 1.54) is 43.1 Å². The molecule has 125 heavy (non-hydrogen) atoms. The van der Waals surface area contributed by atoms with E-state index in [4.69, 9.17) is 58.1 Å². The molecule has 0 saturated heterocycles. The van der Waals surface area contributed by atoms with Gasteiger partial charge >= 0.3 is 0 Å². The summed E-state index contributed by atoms with van der Waals surface area (Å²) in [7, 11) is 0. The molecule has 0 unspecified atom stereocenters. The summed E-state index contributed by atoms with van der Waals surface area (Å²) >= 11 is 0. The molecule has 0 spiro atoms. The average Bonchev–Trinajstić information content (AvgIpc) is 1.72. The molecule has 2 aromatic heterocycles. The second-order valence-electron chi connectivity index (χ2n) is 30.9. The molecule has 26 rings (SSSR count). The molecule has 0 N–H and O–H groups in total. The van der Waals surface area contributed by atoms with Crippen molar-refractivity contribution >= 4 is 119 Å². The Bertz CT molecular complexity index is 8350. The number of hydrogen-bond acceptors (Lipinski definition) is 12. The maximum absolute atomic E-state index is 6.68. The molecular weight excluding hydrogens is 1530 g/mol. The van der Waals surface area contributed by atoms with Gasteiger partial charge in [-0.1, -0.05) is 336 Å². The van der Waals surface area contributed by atoms with Gasteiger partial charge in [-0.15, -0.1) is 0 Å². The van der Waals surface area contributed by atoms with Crippen molar-refractivity contribution in [3.63, 3.8) is 0 Å². The van der Waals surface area contributed by atoms with E-state index in [1.54, 1.807) is 0 Å². The Hall–Kier alpha value is -16.8. The molecule has 0 atom stereocenters. The highest BCUT2D eigenvalue weighted by Crippen LogP contribution is 2.50. The van der Waals surface area contributed by atoms with E-state index in [9.17, 15) is 0 Å². The normalized spacial score (nSPS) is 11.6. The number of hydrogen-bond donors (Lipinski definition) is 0. The van der Waals surface area contributed by atoms with Crippen LogP contribution in [0.25, 0.3) is 256 Å². The molecular formula is C113H73N9O3. The van der Waals surface area contributed by atoms with Gasteiger partial charge in [-0.05, 0) is 127 Å². The van der Waals surface area contributed by atoms with Crippen LogP contribution in [0.4, 0.5) is 0 Å². The highest BCUT2D eigenvalue weighted by atomic mass is 16.3. The maximum atomic E-state index is 6.68. The van der Waals surface area contributed by atoms with Crippen molar-refractivity contribution in [1.29, 1.82) is 0 Å². The van der Waals surface area contributed by atoms with Crippen molar-refractivity contribution in [2.75, 3.05) is 0 Å². The summed E-state index contributed by atoms with van der Waals surface area (Å²) in [4.78, 5) is 44.7. The number of benzene rings is 18. The number of rotatable bonds is 9. The molecule has 0 fully saturated rings. The molecule has 588 valence electrons. The van der Waals surface area contributed by atoms with Gasteiger partial charge in [0.05, 0.1) is 50.3 Å². The zero-order valence-corrected chi connectivity index (χ0v) is 65.8. The topological polar surface area (TPSA) is 155 Å². The SMILES string of the molecule is C.C.c1cc2ccc3ccc(-c4oc5ccccc5c5nc6ccccc6c4-5)c4ccc(c1)c2c34.c1ccc(-c2nc(-c3ccccc3)nc(-c3ccc(-c4oc5ccccc5c5nc6ccccc6c4-5)cc3)n2)cc1.c1ccc2cc(-c3nc(-c4ccc(-c5oc6ccccc6c6nc7ccccc7c5-6)cc4)nc(-c4ccc5ccccc5c4)n3)ccc2c1. The lowest BCUT2D eigenvalue weighted by Gasteiger charge is -2.16. The summed E-state index contributed by atoms with van der Waals surface area (Å²) in [6, 6.07) is 135. The molecule has 8 heterocycles. The fraction of sp³-hybridized carbons (Fsp3) is 0.0177. The van der Waals surface area contributed by atoms with E-state index < -0.39 is 0 Å². The molecule has 12 heteroatoms. The summed E-state index contributed by atoms with van der Waals surface area (Å²) in [5.41, 5.74) is 19.9. The summed E-state index contributed by atoms with van der Waals surface area (Å²) in [5, 5.41) is 18.6. The number of nitrogens with zero attached hydrogens (tertiary/aromatic N) is 9. The van der Waals surface area contributed by atoms with Gasteiger partial charge in [-0.25, -0.2) is 44.9 Å². The van der Waals surface area contributed by atoms with Gasteiger partial charge in [0.2, 0.25) is 0 Å². The van der Waals surface area contributed by atoms with E-state index in [-0.39, 0.29) is 14.9 Å². The Morgan fingerprint density at radius 2 is 0.448 bits per heavy atom. The van der Waals surface area contributed by atoms with Crippen LogP contribution in [0, 0.1) is 0 Å². The van der Waals surface area contributed by atoms with Crippen LogP contribution in [0.5, 0.6) is 0 Å². The Balaban J connectivity index is 0.000000112. The molecule has 6 aliphatic rings. The van der Waals surface area contributed by atoms with Crippen molar-refractivity contribution in [2.24, 2.45) is 0 Å². The minimum atomic E-state index is 0. The van der Waals surface area contributed by atoms with Crippen LogP contribution in [0.1, 0.15) is 14.9 Å². The second kappa shape index (κ2) is 30.8. The van der Waals surface area contributed by atoms with Gasteiger partial charge in [-0.3, -0.25) is 0 Å². The number of para-hydroxylation sites is 6. The van der Waals surface area contributed by atoms with Crippen molar-refractivity contribution in [1.82, 2.24) is 44.9 Å². The predicted molar refractivity (Wildman–Crippen MR) is 512 cm³/mol. The standard InChI is InChI=1S/C44H26N4O.C36H22N4O.C31H17NO.2CH4/c1-3-11-31-25-33(23-17-27(31)9-1)43-46-42(47-44(48-43)34-24-18-28-10-2-4-12-32(28)26-34)30-21-19-29(20-22-30)41-39-35-13-5-7-15-37(35)45-40(39)36-14-6-8-16-38(36)49-41;1-3-11-24(12-4-1)34-38-35(25-13-5-2-6-14-25)40-36(39-34)26-21-19-23(20-22-26)33-31-27-15-7-9-17-29(27)37-32(31)28-16-8-10-18-30(28)41-33;1-3-10-25-23(8-1)29-30(32-25)24-9-2-4-11-26(24)33-31(29)22-17-15-20-13-12-18-6-5-7-19-14-16-21(22)28(20)27(18)19;;/h1-26H;1-22H;1-17H;2*1H4. The van der Waals surface area contributed by atoms with E-state index in [0.29, 0.717) is 34.9 Å². The van der Waals surface area contributed by atoms with Gasteiger partial charge in [0.1, 0.15) is 34.0 Å². The first-order valence-corrected chi connectivity index (χ1v) is 41.0. The Morgan fingerprint density at radius 3 is 0.864 bits per heavy atom. The number of fused-ring (bicyclic) bond motifs is 17. The summed E-state index contributed by atoms with van der Waals surface area (Å²) < 4.78 is 19.8. The molecule has 6 aliphatic heterocycles. The van der Waals surface area contributed by atoms with Crippen molar-refractivity contribution < 1.29 is 13.3 Å². The van der Waals surface area contributed by atoms with E-state index >= 15 is 0 Å². The second-order valence-corrected chi connectivity index (χ2v) is 30.9. The first-order chi connectivity index (χ1) is 60.9. The third-order valence-electron chi connectivity index (χ3n) is 23.6. The van der Waals surface area contributed by atoms with Crippen LogP contribution in [0.2, 0.25) is 0 Å². The Labute approximate surface area is 718 Å². The van der Waals surface area contributed by atoms with E-state index in [1.807, 2.05) is 164 Å². The van der Waals surface area contributed by atoms with Crippen molar-refractivity contribution in [3.05, 3.63) is 394 Å². The lowest BCUT2D eigenvalue weighted by molar-refractivity contribution is 0.621. The molecule has 0 amide bonds. The maximum Gasteiger partial charge on any atom is 0.164 e. The van der Waals surface area contributed by atoms with Crippen molar-refractivity contribution in [3.8, 4) is 136 Å². The fourth-order valence-corrected chi connectivity index (χ4v) is 17.7. The van der Waals surface area contributed by atoms with Crippen LogP contribution in [0.3, 0.4) is 0 Å². The molecule has 0 aliphatic carbocycles. The lowest BCUT2D eigenvalue weighted by atomic mass is 9.89. The van der Waals surface area contributed by atoms with Crippen LogP contribution in [0.15, 0.2) is 408 Å². The summed E-state index contributed by atoms with van der Waals surface area (Å²) in [6.07, 6.45) is 0. The Morgan fingerprint density at radius 1 is 0.168 bits per heavy atom. The highest BCUT2D eigenvalue weighted by Gasteiger charge is 2.29. The lowest BCUT2D eigenvalue weighted by Crippen LogP contribution is -2.00. The van der Waals surface area contributed by atoms with Crippen LogP contribution in [-0.4, -0.2) is 44.9 Å². The van der Waals surface area contributed by atoms with E-state index in [0.717, 1.165) is 178 Å².